The molecule has 2 aromatic carbocycles. The number of aryl methyl sites for hydroxylation is 3. The lowest BCUT2D eigenvalue weighted by molar-refractivity contribution is 0.0994. The molecule has 134 valence electrons. The summed E-state index contributed by atoms with van der Waals surface area (Å²) in [5, 5.41) is 7.56. The Morgan fingerprint density at radius 3 is 2.50 bits per heavy atom. The zero-order valence-corrected chi connectivity index (χ0v) is 16.4. The molecule has 1 heterocycles. The van der Waals surface area contributed by atoms with Crippen LogP contribution in [0.15, 0.2) is 47.6 Å². The topological polar surface area (TPSA) is 58.6 Å². The van der Waals surface area contributed by atoms with Gasteiger partial charge in [0.05, 0.1) is 5.25 Å². The lowest BCUT2D eigenvalue weighted by Crippen LogP contribution is -2.14. The summed E-state index contributed by atoms with van der Waals surface area (Å²) in [4.78, 5) is 17.2. The Bertz CT molecular complexity index is 915. The first-order valence-corrected chi connectivity index (χ1v) is 9.65. The number of carbonyl (C=O) groups excluding carboxylic acids is 1. The minimum atomic E-state index is -0.247. The molecule has 0 unspecified atom stereocenters. The molecule has 0 aliphatic carbocycles. The van der Waals surface area contributed by atoms with Crippen molar-refractivity contribution in [3.8, 4) is 11.4 Å². The van der Waals surface area contributed by atoms with E-state index in [1.54, 1.807) is 0 Å². The average molecular weight is 366 g/mol. The minimum absolute atomic E-state index is 0.0942. The van der Waals surface area contributed by atoms with Crippen molar-refractivity contribution in [3.05, 3.63) is 64.7 Å². The fraction of sp³-hybridized carbons (Fsp3) is 0.286. The van der Waals surface area contributed by atoms with Crippen molar-refractivity contribution in [3.63, 3.8) is 0 Å². The summed E-state index contributed by atoms with van der Waals surface area (Å²) in [6, 6.07) is 14.1. The molecule has 0 saturated heterocycles. The van der Waals surface area contributed by atoms with Gasteiger partial charge in [0.15, 0.2) is 11.6 Å². The lowest BCUT2D eigenvalue weighted by Gasteiger charge is -2.09. The molecule has 1 N–H and O–H groups in total. The monoisotopic (exact) mass is 365 g/mol. The zero-order valence-electron chi connectivity index (χ0n) is 15.5. The van der Waals surface area contributed by atoms with Gasteiger partial charge in [-0.15, -0.1) is 5.10 Å². The maximum absolute atomic E-state index is 12.7. The Morgan fingerprint density at radius 2 is 1.85 bits per heavy atom. The largest absolute Gasteiger partial charge is 0.293 e. The van der Waals surface area contributed by atoms with E-state index in [0.29, 0.717) is 5.16 Å². The van der Waals surface area contributed by atoms with Gasteiger partial charge in [0.2, 0.25) is 5.16 Å². The number of aromatic amines is 1. The van der Waals surface area contributed by atoms with Gasteiger partial charge in [-0.3, -0.25) is 9.89 Å². The van der Waals surface area contributed by atoms with Gasteiger partial charge in [-0.2, -0.15) is 0 Å². The second-order valence-corrected chi connectivity index (χ2v) is 7.75. The van der Waals surface area contributed by atoms with Crippen molar-refractivity contribution in [2.75, 3.05) is 0 Å². The van der Waals surface area contributed by atoms with Crippen LogP contribution in [0.25, 0.3) is 11.4 Å². The number of hydrogen-bond acceptors (Lipinski definition) is 4. The zero-order chi connectivity index (χ0) is 18.7. The SMILES string of the molecule is CCc1ccc(-c2nc(S[C@H](C)C(=O)c3ccc(C)c(C)c3)n[nH]2)cc1. The molecular weight excluding hydrogens is 342 g/mol. The normalized spacial score (nSPS) is 12.2. The number of thioether (sulfide) groups is 1. The van der Waals surface area contributed by atoms with Crippen LogP contribution in [-0.4, -0.2) is 26.2 Å². The molecule has 0 aliphatic rings. The highest BCUT2D eigenvalue weighted by Crippen LogP contribution is 2.25. The molecule has 0 bridgehead atoms. The number of Topliss-reactive ketones (excluding diaryl/α,β-unsaturated/α-hetero) is 1. The minimum Gasteiger partial charge on any atom is -0.293 e. The maximum atomic E-state index is 12.7. The summed E-state index contributed by atoms with van der Waals surface area (Å²) < 4.78 is 0. The van der Waals surface area contributed by atoms with Crippen LogP contribution in [-0.2, 0) is 6.42 Å². The van der Waals surface area contributed by atoms with Crippen molar-refractivity contribution >= 4 is 17.5 Å². The van der Waals surface area contributed by atoms with Gasteiger partial charge in [-0.05, 0) is 49.9 Å². The molecule has 1 atom stereocenters. The van der Waals surface area contributed by atoms with E-state index in [0.717, 1.165) is 28.9 Å². The average Bonchev–Trinajstić information content (AvgIpc) is 3.12. The second kappa shape index (κ2) is 7.87. The molecule has 3 aromatic rings. The fourth-order valence-corrected chi connectivity index (χ4v) is 3.47. The predicted molar refractivity (Wildman–Crippen MR) is 107 cm³/mol. The molecule has 0 aliphatic heterocycles. The number of hydrogen-bond donors (Lipinski definition) is 1. The Balaban J connectivity index is 1.71. The highest BCUT2D eigenvalue weighted by molar-refractivity contribution is 8.00. The van der Waals surface area contributed by atoms with Gasteiger partial charge >= 0.3 is 0 Å². The Labute approximate surface area is 158 Å². The van der Waals surface area contributed by atoms with E-state index >= 15 is 0 Å². The van der Waals surface area contributed by atoms with Crippen LogP contribution in [0.2, 0.25) is 0 Å². The van der Waals surface area contributed by atoms with Gasteiger partial charge in [-0.25, -0.2) is 4.98 Å². The van der Waals surface area contributed by atoms with Crippen LogP contribution < -0.4 is 0 Å². The molecule has 0 amide bonds. The van der Waals surface area contributed by atoms with Gasteiger partial charge in [0.1, 0.15) is 0 Å². The van der Waals surface area contributed by atoms with Crippen LogP contribution in [0.4, 0.5) is 0 Å². The second-order valence-electron chi connectivity index (χ2n) is 6.44. The van der Waals surface area contributed by atoms with E-state index in [-0.39, 0.29) is 11.0 Å². The van der Waals surface area contributed by atoms with Gasteiger partial charge in [-0.1, -0.05) is 55.1 Å². The number of nitrogens with zero attached hydrogens (tertiary/aromatic N) is 2. The molecular formula is C21H23N3OS. The molecule has 0 radical (unpaired) electrons. The lowest BCUT2D eigenvalue weighted by atomic mass is 10.0. The summed E-state index contributed by atoms with van der Waals surface area (Å²) in [5.74, 6) is 0.817. The van der Waals surface area contributed by atoms with E-state index in [9.17, 15) is 4.79 Å². The number of ketones is 1. The van der Waals surface area contributed by atoms with Gasteiger partial charge in [0, 0.05) is 11.1 Å². The molecule has 0 saturated carbocycles. The van der Waals surface area contributed by atoms with Crippen LogP contribution in [0.1, 0.15) is 40.9 Å². The third kappa shape index (κ3) is 4.05. The Kier molecular flexibility index (Phi) is 5.57. The van der Waals surface area contributed by atoms with Crippen molar-refractivity contribution in [1.29, 1.82) is 0 Å². The smallest absolute Gasteiger partial charge is 0.209 e. The first-order chi connectivity index (χ1) is 12.5. The van der Waals surface area contributed by atoms with Crippen LogP contribution in [0.3, 0.4) is 0 Å². The third-order valence-electron chi connectivity index (χ3n) is 4.54. The van der Waals surface area contributed by atoms with Gasteiger partial charge in [0.25, 0.3) is 0 Å². The Hall–Kier alpha value is -2.40. The molecule has 0 spiro atoms. The third-order valence-corrected chi connectivity index (χ3v) is 5.50. The van der Waals surface area contributed by atoms with Crippen molar-refractivity contribution < 1.29 is 4.79 Å². The number of benzene rings is 2. The highest BCUT2D eigenvalue weighted by Gasteiger charge is 2.19. The van der Waals surface area contributed by atoms with Crippen molar-refractivity contribution in [2.24, 2.45) is 0 Å². The summed E-state index contributed by atoms with van der Waals surface area (Å²) in [6.45, 7) is 8.10. The maximum Gasteiger partial charge on any atom is 0.209 e. The molecule has 3 rings (SSSR count). The molecule has 0 fully saturated rings. The first kappa shape index (κ1) is 18.4. The summed E-state index contributed by atoms with van der Waals surface area (Å²) in [7, 11) is 0. The van der Waals surface area contributed by atoms with E-state index in [2.05, 4.69) is 34.2 Å². The molecule has 4 nitrogen and oxygen atoms in total. The number of carbonyl (C=O) groups is 1. The van der Waals surface area contributed by atoms with E-state index < -0.39 is 0 Å². The fourth-order valence-electron chi connectivity index (χ4n) is 2.67. The van der Waals surface area contributed by atoms with Crippen molar-refractivity contribution in [2.45, 2.75) is 44.5 Å². The molecule has 26 heavy (non-hydrogen) atoms. The quantitative estimate of drug-likeness (QED) is 0.492. The van der Waals surface area contributed by atoms with Crippen LogP contribution in [0, 0.1) is 13.8 Å². The van der Waals surface area contributed by atoms with Gasteiger partial charge < -0.3 is 0 Å². The summed E-state index contributed by atoms with van der Waals surface area (Å²) in [6.07, 6.45) is 1.01. The van der Waals surface area contributed by atoms with Crippen LogP contribution >= 0.6 is 11.8 Å². The van der Waals surface area contributed by atoms with Crippen LogP contribution in [0.5, 0.6) is 0 Å². The Morgan fingerprint density at radius 1 is 1.12 bits per heavy atom. The first-order valence-electron chi connectivity index (χ1n) is 8.77. The standard InChI is InChI=1S/C21H23N3OS/c1-5-16-7-10-17(11-8-16)20-22-21(24-23-20)26-15(4)19(25)18-9-6-13(2)14(3)12-18/h6-12,15H,5H2,1-4H3,(H,22,23,24)/t15-/m1/s1. The molecule has 1 aromatic heterocycles. The van der Waals surface area contributed by atoms with E-state index in [4.69, 9.17) is 0 Å². The van der Waals surface area contributed by atoms with Crippen molar-refractivity contribution in [1.82, 2.24) is 15.2 Å². The highest BCUT2D eigenvalue weighted by atomic mass is 32.2. The number of rotatable bonds is 6. The summed E-state index contributed by atoms with van der Waals surface area (Å²) >= 11 is 1.38. The molecule has 5 heteroatoms. The number of nitrogens with one attached hydrogen (secondary N) is 1. The number of aromatic nitrogens is 3. The summed E-state index contributed by atoms with van der Waals surface area (Å²) in [5.41, 5.74) is 5.34. The predicted octanol–water partition coefficient (Wildman–Crippen LogP) is 5.01. The van der Waals surface area contributed by atoms with E-state index in [1.807, 2.05) is 51.1 Å². The van der Waals surface area contributed by atoms with E-state index in [1.165, 1.54) is 22.9 Å². The number of H-pyrrole nitrogens is 1.